The monoisotopic (exact) mass is 369 g/mol. The molecule has 2 aliphatic rings. The lowest BCUT2D eigenvalue weighted by Crippen LogP contribution is -2.34. The Morgan fingerprint density at radius 1 is 1.38 bits per heavy atom. The van der Waals surface area contributed by atoms with Crippen molar-refractivity contribution >= 4 is 11.9 Å². The van der Waals surface area contributed by atoms with Crippen molar-refractivity contribution in [2.75, 3.05) is 13.6 Å². The number of hydrogen-bond donors (Lipinski definition) is 1. The number of amides is 1. The molecule has 140 valence electrons. The Morgan fingerprint density at radius 2 is 2.04 bits per heavy atom. The van der Waals surface area contributed by atoms with E-state index < -0.39 is 12.1 Å². The van der Waals surface area contributed by atoms with Gasteiger partial charge in [0.15, 0.2) is 0 Å². The molecule has 3 rings (SSSR count). The zero-order chi connectivity index (χ0) is 19.5. The highest BCUT2D eigenvalue weighted by molar-refractivity contribution is 5.80. The highest BCUT2D eigenvalue weighted by Crippen LogP contribution is 2.32. The molecule has 6 nitrogen and oxygen atoms in total. The van der Waals surface area contributed by atoms with Crippen LogP contribution in [0.1, 0.15) is 24.0 Å². The van der Waals surface area contributed by atoms with Crippen LogP contribution in [0.15, 0.2) is 24.3 Å². The van der Waals surface area contributed by atoms with Gasteiger partial charge in [0.1, 0.15) is 0 Å². The van der Waals surface area contributed by atoms with E-state index in [-0.39, 0.29) is 5.91 Å². The summed E-state index contributed by atoms with van der Waals surface area (Å²) in [6.45, 7) is 1.86. The topological polar surface area (TPSA) is 84.6 Å². The second kappa shape index (κ2) is 7.74. The van der Waals surface area contributed by atoms with Gasteiger partial charge in [-0.2, -0.15) is 18.4 Å². The number of fused-ring (bicyclic) bond motifs is 1. The highest BCUT2D eigenvalue weighted by atomic mass is 19.4. The van der Waals surface area contributed by atoms with Crippen LogP contribution in [0.2, 0.25) is 0 Å². The van der Waals surface area contributed by atoms with Crippen molar-refractivity contribution in [2.24, 2.45) is 0 Å². The number of rotatable bonds is 2. The number of likely N-dealkylation sites (N-methyl/N-ethyl adjacent to an activating group) is 1. The van der Waals surface area contributed by atoms with Gasteiger partial charge in [0, 0.05) is 38.6 Å². The van der Waals surface area contributed by atoms with Crippen LogP contribution in [-0.2, 0) is 16.1 Å². The first kappa shape index (κ1) is 19.7. The van der Waals surface area contributed by atoms with Crippen molar-refractivity contribution in [1.29, 1.82) is 5.26 Å². The van der Waals surface area contributed by atoms with E-state index in [1.54, 1.807) is 0 Å². The van der Waals surface area contributed by atoms with E-state index in [9.17, 15) is 18.0 Å². The maximum atomic E-state index is 11.7. The number of carbonyl (C=O) groups is 2. The van der Waals surface area contributed by atoms with Gasteiger partial charge in [-0.25, -0.2) is 4.79 Å². The Labute approximate surface area is 148 Å². The number of nitriles is 1. The van der Waals surface area contributed by atoms with Crippen LogP contribution < -0.4 is 0 Å². The minimum absolute atomic E-state index is 0.255. The maximum Gasteiger partial charge on any atom is 0.490 e. The van der Waals surface area contributed by atoms with E-state index in [2.05, 4.69) is 17.0 Å². The first-order valence-electron chi connectivity index (χ1n) is 7.92. The van der Waals surface area contributed by atoms with Gasteiger partial charge in [-0.05, 0) is 24.1 Å². The summed E-state index contributed by atoms with van der Waals surface area (Å²) in [5, 5.41) is 16.1. The van der Waals surface area contributed by atoms with E-state index in [1.807, 2.05) is 30.1 Å². The lowest BCUT2D eigenvalue weighted by Gasteiger charge is -2.23. The van der Waals surface area contributed by atoms with Crippen molar-refractivity contribution in [1.82, 2.24) is 9.80 Å². The molecule has 9 heteroatoms. The number of hydrogen-bond acceptors (Lipinski definition) is 4. The molecule has 2 fully saturated rings. The van der Waals surface area contributed by atoms with Crippen molar-refractivity contribution in [3.63, 3.8) is 0 Å². The van der Waals surface area contributed by atoms with Gasteiger partial charge in [-0.15, -0.1) is 0 Å². The molecule has 0 radical (unpaired) electrons. The molecule has 0 spiro atoms. The van der Waals surface area contributed by atoms with Gasteiger partial charge in [-0.3, -0.25) is 9.69 Å². The van der Waals surface area contributed by atoms with Gasteiger partial charge < -0.3 is 10.0 Å². The van der Waals surface area contributed by atoms with Crippen LogP contribution >= 0.6 is 0 Å². The minimum Gasteiger partial charge on any atom is -0.475 e. The number of carboxylic acids is 1. The van der Waals surface area contributed by atoms with Crippen LogP contribution in [0, 0.1) is 11.3 Å². The lowest BCUT2D eigenvalue weighted by atomic mass is 10.1. The van der Waals surface area contributed by atoms with Crippen molar-refractivity contribution in [3.05, 3.63) is 35.4 Å². The summed E-state index contributed by atoms with van der Waals surface area (Å²) in [4.78, 5) is 24.9. The summed E-state index contributed by atoms with van der Waals surface area (Å²) in [5.41, 5.74) is 1.86. The van der Waals surface area contributed by atoms with Crippen molar-refractivity contribution < 1.29 is 27.9 Å². The average Bonchev–Trinajstić information content (AvgIpc) is 3.08. The molecule has 0 bridgehead atoms. The lowest BCUT2D eigenvalue weighted by molar-refractivity contribution is -0.192. The highest BCUT2D eigenvalue weighted by Gasteiger charge is 2.44. The first-order chi connectivity index (χ1) is 12.1. The van der Waals surface area contributed by atoms with Crippen LogP contribution in [0.5, 0.6) is 0 Å². The normalized spacial score (nSPS) is 22.4. The average molecular weight is 369 g/mol. The predicted octanol–water partition coefficient (Wildman–Crippen LogP) is 2.00. The predicted molar refractivity (Wildman–Crippen MR) is 84.8 cm³/mol. The van der Waals surface area contributed by atoms with Gasteiger partial charge in [-0.1, -0.05) is 12.1 Å². The number of nitrogens with zero attached hydrogens (tertiary/aromatic N) is 3. The summed E-state index contributed by atoms with van der Waals surface area (Å²) < 4.78 is 31.7. The third-order valence-corrected chi connectivity index (χ3v) is 4.58. The molecular weight excluding hydrogens is 351 g/mol. The molecule has 0 saturated carbocycles. The number of carboxylic acid groups (broad SMARTS) is 1. The number of alkyl halides is 3. The van der Waals surface area contributed by atoms with Crippen LogP contribution in [-0.4, -0.2) is 58.6 Å². The Hall–Kier alpha value is -2.60. The molecule has 0 aromatic heterocycles. The Morgan fingerprint density at radius 3 is 2.62 bits per heavy atom. The molecule has 2 heterocycles. The van der Waals surface area contributed by atoms with E-state index >= 15 is 0 Å². The molecule has 1 amide bonds. The summed E-state index contributed by atoms with van der Waals surface area (Å²) >= 11 is 0. The fourth-order valence-corrected chi connectivity index (χ4v) is 3.29. The third-order valence-electron chi connectivity index (χ3n) is 4.58. The molecule has 1 aromatic rings. The van der Waals surface area contributed by atoms with Crippen LogP contribution in [0.3, 0.4) is 0 Å². The number of likely N-dealkylation sites (tertiary alicyclic amines) is 2. The largest absolute Gasteiger partial charge is 0.490 e. The molecule has 2 atom stereocenters. The third kappa shape index (κ3) is 4.52. The molecule has 1 aromatic carbocycles. The van der Waals surface area contributed by atoms with E-state index in [0.29, 0.717) is 24.1 Å². The van der Waals surface area contributed by atoms with Gasteiger partial charge in [0.2, 0.25) is 5.91 Å². The SMILES string of the molecule is CN1C(=O)C[C@H]2[C@H]1CCN2Cc1cccc(C#N)c1.O=C(O)C(F)(F)F. The summed E-state index contributed by atoms with van der Waals surface area (Å²) in [7, 11) is 1.91. The Kier molecular flexibility index (Phi) is 5.87. The fourth-order valence-electron chi connectivity index (χ4n) is 3.29. The molecule has 26 heavy (non-hydrogen) atoms. The molecule has 1 N–H and O–H groups in total. The summed E-state index contributed by atoms with van der Waals surface area (Å²) in [6, 6.07) is 10.6. The molecule has 0 aliphatic carbocycles. The smallest absolute Gasteiger partial charge is 0.475 e. The molecule has 2 saturated heterocycles. The maximum absolute atomic E-state index is 11.7. The standard InChI is InChI=1S/C15H17N3O.C2HF3O2/c1-17-13-5-6-18(14(13)8-15(17)19)10-12-4-2-3-11(7-12)9-16;3-2(4,5)1(6)7/h2-4,7,13-14H,5-6,8,10H2,1H3;(H,6,7)/t13-,14+;/m1./s1. The molecular formula is C17H18F3N3O3. The van der Waals surface area contributed by atoms with E-state index in [1.165, 1.54) is 0 Å². The van der Waals surface area contributed by atoms with Gasteiger partial charge >= 0.3 is 12.1 Å². The van der Waals surface area contributed by atoms with E-state index in [4.69, 9.17) is 15.2 Å². The first-order valence-corrected chi connectivity index (χ1v) is 7.92. The number of benzene rings is 1. The van der Waals surface area contributed by atoms with Gasteiger partial charge in [0.05, 0.1) is 11.6 Å². The molecule has 0 unspecified atom stereocenters. The number of halogens is 3. The van der Waals surface area contributed by atoms with Crippen molar-refractivity contribution in [3.8, 4) is 6.07 Å². The Balaban J connectivity index is 0.000000298. The zero-order valence-corrected chi connectivity index (χ0v) is 14.0. The van der Waals surface area contributed by atoms with Gasteiger partial charge in [0.25, 0.3) is 0 Å². The minimum atomic E-state index is -5.08. The quantitative estimate of drug-likeness (QED) is 0.862. The number of carbonyl (C=O) groups excluding carboxylic acids is 1. The van der Waals surface area contributed by atoms with Crippen LogP contribution in [0.4, 0.5) is 13.2 Å². The van der Waals surface area contributed by atoms with Crippen molar-refractivity contribution in [2.45, 2.75) is 37.6 Å². The summed E-state index contributed by atoms with van der Waals surface area (Å²) in [6.07, 6.45) is -3.38. The summed E-state index contributed by atoms with van der Waals surface area (Å²) in [5.74, 6) is -2.50. The number of aliphatic carboxylic acids is 1. The van der Waals surface area contributed by atoms with Crippen LogP contribution in [0.25, 0.3) is 0 Å². The second-order valence-corrected chi connectivity index (χ2v) is 6.22. The van der Waals surface area contributed by atoms with E-state index in [0.717, 1.165) is 25.1 Å². The zero-order valence-electron chi connectivity index (χ0n) is 14.0. The molecule has 2 aliphatic heterocycles. The second-order valence-electron chi connectivity index (χ2n) is 6.22. The fraction of sp³-hybridized carbons (Fsp3) is 0.471. The Bertz CT molecular complexity index is 730.